The van der Waals surface area contributed by atoms with Crippen LogP contribution in [0.2, 0.25) is 0 Å². The Bertz CT molecular complexity index is 413. The summed E-state index contributed by atoms with van der Waals surface area (Å²) in [5, 5.41) is 0. The molecule has 0 aliphatic rings. The van der Waals surface area contributed by atoms with Crippen LogP contribution in [0.3, 0.4) is 0 Å². The summed E-state index contributed by atoms with van der Waals surface area (Å²) in [5.74, 6) is 0.0907. The Balaban J connectivity index is 2.41. The minimum atomic E-state index is -3.19. The fraction of sp³-hybridized carbons (Fsp3) is 0.500. The van der Waals surface area contributed by atoms with Crippen LogP contribution in [0.5, 0.6) is 0 Å². The molecule has 4 nitrogen and oxygen atoms in total. The average Bonchev–Trinajstić information content (AvgIpc) is 2.35. The second kappa shape index (κ2) is 6.74. The van der Waals surface area contributed by atoms with Crippen LogP contribution in [-0.4, -0.2) is 34.2 Å². The molecule has 0 bridgehead atoms. The fourth-order valence-corrected chi connectivity index (χ4v) is 2.62. The Morgan fingerprint density at radius 2 is 1.88 bits per heavy atom. The molecule has 1 atom stereocenters. The van der Waals surface area contributed by atoms with E-state index in [4.69, 9.17) is 9.47 Å². The van der Waals surface area contributed by atoms with Crippen molar-refractivity contribution in [2.45, 2.75) is 24.5 Å². The number of benzene rings is 1. The molecule has 0 radical (unpaired) electrons. The van der Waals surface area contributed by atoms with Crippen LogP contribution in [0.15, 0.2) is 35.2 Å². The molecule has 0 aliphatic heterocycles. The highest BCUT2D eigenvalue weighted by molar-refractivity contribution is 7.91. The predicted octanol–water partition coefficient (Wildman–Crippen LogP) is 1.86. The maximum atomic E-state index is 11.9. The smallest absolute Gasteiger partial charge is 0.178 e. The number of hydrogen-bond acceptors (Lipinski definition) is 4. The number of ether oxygens (including phenoxy) is 2. The summed E-state index contributed by atoms with van der Waals surface area (Å²) < 4.78 is 33.9. The first-order valence-corrected chi connectivity index (χ1v) is 7.13. The third kappa shape index (κ3) is 4.85. The summed E-state index contributed by atoms with van der Waals surface area (Å²) in [6.45, 7) is 2.15. The number of methoxy groups -OCH3 is 1. The van der Waals surface area contributed by atoms with Crippen molar-refractivity contribution in [3.05, 3.63) is 30.3 Å². The van der Waals surface area contributed by atoms with Gasteiger partial charge in [0.1, 0.15) is 0 Å². The van der Waals surface area contributed by atoms with Gasteiger partial charge in [-0.1, -0.05) is 18.2 Å². The maximum absolute atomic E-state index is 11.9. The summed E-state index contributed by atoms with van der Waals surface area (Å²) in [5.41, 5.74) is 0. The topological polar surface area (TPSA) is 52.6 Å². The van der Waals surface area contributed by atoms with E-state index in [0.29, 0.717) is 17.9 Å². The SMILES string of the molecule is COC(C)OCCCS(=O)(=O)c1ccccc1. The van der Waals surface area contributed by atoms with E-state index in [1.807, 2.05) is 0 Å². The van der Waals surface area contributed by atoms with Crippen LogP contribution < -0.4 is 0 Å². The molecule has 0 N–H and O–H groups in total. The van der Waals surface area contributed by atoms with Crippen LogP contribution in [0.25, 0.3) is 0 Å². The summed E-state index contributed by atoms with van der Waals surface area (Å²) in [6.07, 6.45) is 0.166. The third-order valence-electron chi connectivity index (χ3n) is 2.34. The van der Waals surface area contributed by atoms with Crippen molar-refractivity contribution in [1.82, 2.24) is 0 Å². The van der Waals surface area contributed by atoms with Gasteiger partial charge in [-0.2, -0.15) is 0 Å². The van der Waals surface area contributed by atoms with E-state index in [9.17, 15) is 8.42 Å². The summed E-state index contributed by atoms with van der Waals surface area (Å²) in [4.78, 5) is 0.361. The molecule has 5 heteroatoms. The highest BCUT2D eigenvalue weighted by Crippen LogP contribution is 2.11. The lowest BCUT2D eigenvalue weighted by molar-refractivity contribution is -0.110. The highest BCUT2D eigenvalue weighted by atomic mass is 32.2. The van der Waals surface area contributed by atoms with E-state index in [-0.39, 0.29) is 12.0 Å². The van der Waals surface area contributed by atoms with Gasteiger partial charge >= 0.3 is 0 Å². The van der Waals surface area contributed by atoms with Crippen LogP contribution in [0, 0.1) is 0 Å². The van der Waals surface area contributed by atoms with Crippen LogP contribution in [0.4, 0.5) is 0 Å². The van der Waals surface area contributed by atoms with Gasteiger partial charge in [0.2, 0.25) is 0 Å². The van der Waals surface area contributed by atoms with Gasteiger partial charge < -0.3 is 9.47 Å². The summed E-state index contributed by atoms with van der Waals surface area (Å²) >= 11 is 0. The fourth-order valence-electron chi connectivity index (χ4n) is 1.31. The first-order chi connectivity index (χ1) is 8.06. The Morgan fingerprint density at radius 1 is 1.24 bits per heavy atom. The highest BCUT2D eigenvalue weighted by Gasteiger charge is 2.13. The van der Waals surface area contributed by atoms with E-state index in [2.05, 4.69) is 0 Å². The van der Waals surface area contributed by atoms with Crippen LogP contribution in [-0.2, 0) is 19.3 Å². The quantitative estimate of drug-likeness (QED) is 0.553. The molecule has 1 aromatic rings. The van der Waals surface area contributed by atoms with Gasteiger partial charge in [-0.05, 0) is 25.5 Å². The Kier molecular flexibility index (Phi) is 5.61. The molecule has 0 aromatic heterocycles. The lowest BCUT2D eigenvalue weighted by Crippen LogP contribution is -2.14. The minimum absolute atomic E-state index is 0.0907. The zero-order chi connectivity index (χ0) is 12.7. The lowest BCUT2D eigenvalue weighted by Gasteiger charge is -2.10. The summed E-state index contributed by atoms with van der Waals surface area (Å²) in [6, 6.07) is 8.44. The molecular weight excluding hydrogens is 240 g/mol. The molecule has 0 aliphatic carbocycles. The molecule has 0 saturated carbocycles. The van der Waals surface area contributed by atoms with E-state index in [1.54, 1.807) is 44.4 Å². The molecule has 0 fully saturated rings. The largest absolute Gasteiger partial charge is 0.356 e. The molecule has 1 rings (SSSR count). The van der Waals surface area contributed by atoms with Gasteiger partial charge in [0.15, 0.2) is 16.1 Å². The summed E-state index contributed by atoms with van der Waals surface area (Å²) in [7, 11) is -1.64. The van der Waals surface area contributed by atoms with Crippen molar-refractivity contribution >= 4 is 9.84 Å². The van der Waals surface area contributed by atoms with Gasteiger partial charge in [0.25, 0.3) is 0 Å². The monoisotopic (exact) mass is 258 g/mol. The normalized spacial score (nSPS) is 13.5. The van der Waals surface area contributed by atoms with Crippen molar-refractivity contribution in [2.75, 3.05) is 19.5 Å². The minimum Gasteiger partial charge on any atom is -0.356 e. The molecule has 0 amide bonds. The van der Waals surface area contributed by atoms with Gasteiger partial charge in [-0.25, -0.2) is 8.42 Å². The average molecular weight is 258 g/mol. The van der Waals surface area contributed by atoms with Crippen LogP contribution >= 0.6 is 0 Å². The van der Waals surface area contributed by atoms with E-state index >= 15 is 0 Å². The molecule has 17 heavy (non-hydrogen) atoms. The molecule has 0 saturated heterocycles. The van der Waals surface area contributed by atoms with E-state index in [1.165, 1.54) is 0 Å². The molecular formula is C12H18O4S. The number of sulfone groups is 1. The van der Waals surface area contributed by atoms with Crippen molar-refractivity contribution < 1.29 is 17.9 Å². The van der Waals surface area contributed by atoms with Crippen molar-refractivity contribution in [3.8, 4) is 0 Å². The molecule has 96 valence electrons. The molecule has 1 unspecified atom stereocenters. The van der Waals surface area contributed by atoms with Crippen molar-refractivity contribution in [1.29, 1.82) is 0 Å². The second-order valence-corrected chi connectivity index (χ2v) is 5.77. The van der Waals surface area contributed by atoms with E-state index in [0.717, 1.165) is 0 Å². The first-order valence-electron chi connectivity index (χ1n) is 5.48. The molecule has 0 spiro atoms. The van der Waals surface area contributed by atoms with Gasteiger partial charge in [0, 0.05) is 7.11 Å². The standard InChI is InChI=1S/C12H18O4S/c1-11(15-2)16-9-6-10-17(13,14)12-7-4-3-5-8-12/h3-5,7-8,11H,6,9-10H2,1-2H3. The van der Waals surface area contributed by atoms with Gasteiger partial charge in [-0.3, -0.25) is 0 Å². The Morgan fingerprint density at radius 3 is 2.47 bits per heavy atom. The molecule has 1 aromatic carbocycles. The third-order valence-corrected chi connectivity index (χ3v) is 4.16. The maximum Gasteiger partial charge on any atom is 0.178 e. The first kappa shape index (κ1) is 14.2. The Labute approximate surface area is 102 Å². The second-order valence-electron chi connectivity index (χ2n) is 3.66. The Hall–Kier alpha value is -0.910. The number of rotatable bonds is 7. The van der Waals surface area contributed by atoms with Crippen molar-refractivity contribution in [2.24, 2.45) is 0 Å². The van der Waals surface area contributed by atoms with Gasteiger partial charge in [-0.15, -0.1) is 0 Å². The number of hydrogen-bond donors (Lipinski definition) is 0. The zero-order valence-corrected chi connectivity index (χ0v) is 10.9. The predicted molar refractivity (Wildman–Crippen MR) is 65.5 cm³/mol. The van der Waals surface area contributed by atoms with Crippen LogP contribution in [0.1, 0.15) is 13.3 Å². The van der Waals surface area contributed by atoms with Gasteiger partial charge in [0.05, 0.1) is 17.3 Å². The lowest BCUT2D eigenvalue weighted by atomic mass is 10.4. The van der Waals surface area contributed by atoms with E-state index < -0.39 is 9.84 Å². The van der Waals surface area contributed by atoms with Crippen molar-refractivity contribution in [3.63, 3.8) is 0 Å². The molecule has 0 heterocycles. The zero-order valence-electron chi connectivity index (χ0n) is 10.1.